The van der Waals surface area contributed by atoms with Gasteiger partial charge in [-0.3, -0.25) is 0 Å². The summed E-state index contributed by atoms with van der Waals surface area (Å²) in [4.78, 5) is 0. The molecule has 12 aromatic rings. The number of benzene rings is 12. The van der Waals surface area contributed by atoms with Crippen LogP contribution in [0.3, 0.4) is 0 Å². The van der Waals surface area contributed by atoms with Gasteiger partial charge in [-0.05, 0) is 59.7 Å². The van der Waals surface area contributed by atoms with Gasteiger partial charge in [0.2, 0.25) is 34.1 Å². The van der Waals surface area contributed by atoms with Crippen LogP contribution in [0, 0.1) is 0 Å². The van der Waals surface area contributed by atoms with Gasteiger partial charge in [-0.15, -0.1) is 0 Å². The van der Waals surface area contributed by atoms with Crippen molar-refractivity contribution >= 4 is 71.4 Å². The Morgan fingerprint density at radius 2 is 0.480 bits per heavy atom. The summed E-state index contributed by atoms with van der Waals surface area (Å²) in [5.74, 6) is 4.99. The lowest BCUT2D eigenvalue weighted by Crippen LogP contribution is -2.62. The summed E-state index contributed by atoms with van der Waals surface area (Å²) in [5.41, 5.74) is 18.2. The van der Waals surface area contributed by atoms with Crippen molar-refractivity contribution in [3.05, 3.63) is 358 Å². The van der Waals surface area contributed by atoms with Crippen LogP contribution in [0.4, 0.5) is 34.1 Å². The molecule has 0 aromatic heterocycles. The Kier molecular flexibility index (Phi) is 13.4. The highest BCUT2D eigenvalue weighted by molar-refractivity contribution is 5.89. The van der Waals surface area contributed by atoms with Crippen molar-refractivity contribution in [2.24, 2.45) is 0 Å². The fourth-order valence-electron chi connectivity index (χ4n) is 15.9. The van der Waals surface area contributed by atoms with Gasteiger partial charge in [-0.1, -0.05) is 239 Å². The van der Waals surface area contributed by atoms with Crippen LogP contribution >= 0.6 is 0 Å². The molecule has 0 radical (unpaired) electrons. The summed E-state index contributed by atoms with van der Waals surface area (Å²) in [6.07, 6.45) is 12.9. The molecule has 9 aliphatic rings. The molecule has 0 N–H and O–H groups in total. The van der Waals surface area contributed by atoms with Gasteiger partial charge in [-0.2, -0.15) is 0 Å². The molecule has 9 aliphatic heterocycles. The van der Waals surface area contributed by atoms with Crippen LogP contribution in [-0.4, -0.2) is 82.8 Å². The van der Waals surface area contributed by atoms with E-state index in [2.05, 4.69) is 288 Å². The van der Waals surface area contributed by atoms with E-state index >= 15 is 0 Å². The second kappa shape index (κ2) is 22.5. The molecule has 12 aromatic carbocycles. The first-order chi connectivity index (χ1) is 49.7. The first-order valence-electron chi connectivity index (χ1n) is 34.8. The van der Waals surface area contributed by atoms with Gasteiger partial charge in [0.15, 0.2) is 71.8 Å². The molecule has 0 amide bonds. The Morgan fingerprint density at radius 3 is 0.873 bits per heavy atom. The van der Waals surface area contributed by atoms with Crippen molar-refractivity contribution in [2.45, 2.75) is 75.9 Å². The summed E-state index contributed by atoms with van der Waals surface area (Å²) in [6.45, 7) is 13.5. The molecule has 11 bridgehead atoms. The molecule has 0 aliphatic carbocycles. The largest absolute Gasteiger partial charge is 0.714 e. The van der Waals surface area contributed by atoms with Gasteiger partial charge in [0, 0.05) is 111 Å². The first kappa shape index (κ1) is 60.6. The minimum absolute atomic E-state index is 0.257. The molecule has 1 unspecified atom stereocenters. The zero-order chi connectivity index (χ0) is 68.7. The average molecular weight is 1330 g/mol. The number of fused-ring (bicyclic) bond motifs is 5. The van der Waals surface area contributed by atoms with Gasteiger partial charge < -0.3 is 28.4 Å². The van der Waals surface area contributed by atoms with Crippen molar-refractivity contribution in [3.63, 3.8) is 0 Å². The summed E-state index contributed by atoms with van der Waals surface area (Å²) in [5, 5.41) is 0. The van der Waals surface area contributed by atoms with E-state index in [4.69, 9.17) is 28.4 Å². The van der Waals surface area contributed by atoms with Gasteiger partial charge in [-0.25, -0.2) is 0 Å². The lowest BCUT2D eigenvalue weighted by atomic mass is 9.75. The minimum atomic E-state index is -1.27. The van der Waals surface area contributed by atoms with Crippen LogP contribution < -0.4 is 28.4 Å². The molecule has 12 heteroatoms. The maximum Gasteiger partial charge on any atom is 0.714 e. The third-order valence-electron chi connectivity index (χ3n) is 21.4. The lowest BCUT2D eigenvalue weighted by Gasteiger charge is -2.39. The predicted molar refractivity (Wildman–Crippen MR) is 396 cm³/mol. The SMILES string of the molecule is CC1(C)c2ccc3c(c2)O[C@]2(Oc4c(cccc41)C=[N+]2c1ccccc1)[N+](c1ccccc1)=C3.CC1(C)c2cccc(c2)[N+]2=Cc3ccccc3OC23Oc2c(cccc21)C=[N+]3c1ccccc1.CC1(C)c2cccc3c2OC2(Oc4c(cccc41)C=[N+]2c1ccccc1)[N+](c1ccccc1)=C3. The van der Waals surface area contributed by atoms with E-state index in [1.165, 1.54) is 11.1 Å². The Morgan fingerprint density at radius 1 is 0.206 bits per heavy atom. The van der Waals surface area contributed by atoms with E-state index in [-0.39, 0.29) is 16.2 Å². The van der Waals surface area contributed by atoms with E-state index in [0.717, 1.165) is 124 Å². The van der Waals surface area contributed by atoms with E-state index in [9.17, 15) is 0 Å². The Bertz CT molecular complexity index is 5440. The fourth-order valence-corrected chi connectivity index (χ4v) is 15.9. The Balaban J connectivity index is 0.000000106. The maximum absolute atomic E-state index is 7.06. The number of hydrogen-bond donors (Lipinski definition) is 0. The van der Waals surface area contributed by atoms with Gasteiger partial charge in [0.05, 0.1) is 33.4 Å². The molecule has 9 heterocycles. The number of hydrogen-bond acceptors (Lipinski definition) is 6. The zero-order valence-electron chi connectivity index (χ0n) is 57.3. The number of para-hydroxylation sites is 10. The number of nitrogens with zero attached hydrogens (tertiary/aromatic N) is 6. The zero-order valence-corrected chi connectivity index (χ0v) is 57.3. The van der Waals surface area contributed by atoms with Crippen LogP contribution in [-0.2, 0) is 16.2 Å². The summed E-state index contributed by atoms with van der Waals surface area (Å²) >= 11 is 0. The van der Waals surface area contributed by atoms with E-state index in [0.29, 0.717) is 0 Å². The van der Waals surface area contributed by atoms with Gasteiger partial charge >= 0.3 is 18.1 Å². The summed E-state index contributed by atoms with van der Waals surface area (Å²) < 4.78 is 54.6. The van der Waals surface area contributed by atoms with E-state index in [1.807, 2.05) is 109 Å². The summed E-state index contributed by atoms with van der Waals surface area (Å²) in [7, 11) is 0. The molecular formula is C90H72N6O6+6. The summed E-state index contributed by atoms with van der Waals surface area (Å²) in [6, 6.07) is 96.4. The molecule has 102 heavy (non-hydrogen) atoms. The van der Waals surface area contributed by atoms with E-state index < -0.39 is 18.1 Å². The molecule has 21 rings (SSSR count). The topological polar surface area (TPSA) is 73.4 Å². The third-order valence-corrected chi connectivity index (χ3v) is 21.4. The molecule has 0 fully saturated rings. The van der Waals surface area contributed by atoms with Crippen LogP contribution in [0.2, 0.25) is 0 Å². The Labute approximate surface area is 592 Å². The highest BCUT2D eigenvalue weighted by Gasteiger charge is 2.70. The normalized spacial score (nSPS) is 19.7. The second-order valence-electron chi connectivity index (χ2n) is 28.5. The van der Waals surface area contributed by atoms with Gasteiger partial charge in [0.1, 0.15) is 0 Å². The predicted octanol–water partition coefficient (Wildman–Crippen LogP) is 17.8. The number of rotatable bonds is 5. The van der Waals surface area contributed by atoms with Crippen molar-refractivity contribution in [1.29, 1.82) is 0 Å². The average Bonchev–Trinajstić information content (AvgIpc) is 0.870. The molecule has 492 valence electrons. The van der Waals surface area contributed by atoms with Crippen molar-refractivity contribution in [3.8, 4) is 34.5 Å². The van der Waals surface area contributed by atoms with E-state index in [1.54, 1.807) is 0 Å². The van der Waals surface area contributed by atoms with Crippen molar-refractivity contribution in [2.75, 3.05) is 0 Å². The standard InChI is InChI=1S/3C30H24N2O2/c1-29(2)25-17-9-11-21-19-31(23-13-5-3-6-14-23)30(33-27(21)25)32(24-15-7-4-8-16-24)20-22-12-10-18-26(29)28(22)34-30;1-29(2)23-17-16-21-19-31(24-11-5-3-6-12-24)30(33-27(21)18-23)32(25-13-7-4-8-14-25)20-22-10-9-15-26(29)28(22)34-30;1-29(2)23-12-9-15-25(18-23)32-19-21-10-6-7-17-27(21)33-30(32)31(24-13-4-3-5-14-24)20-22-11-8-16-26(29)28(22)34-30/h3*3-20H,1-2H3/q3*+2/t;30-;/m.0./s1. The van der Waals surface area contributed by atoms with Gasteiger partial charge in [0.25, 0.3) is 0 Å². The molecule has 3 spiro atoms. The molecule has 2 atom stereocenters. The Hall–Kier alpha value is -12.5. The molecule has 12 nitrogen and oxygen atoms in total. The van der Waals surface area contributed by atoms with Crippen molar-refractivity contribution < 1.29 is 55.9 Å². The minimum Gasteiger partial charge on any atom is -0.340 e. The monoisotopic (exact) mass is 1330 g/mol. The highest BCUT2D eigenvalue weighted by Crippen LogP contribution is 2.54. The maximum atomic E-state index is 7.06. The highest BCUT2D eigenvalue weighted by atomic mass is 16.8. The van der Waals surface area contributed by atoms with Crippen LogP contribution in [0.1, 0.15) is 108 Å². The molecule has 0 saturated carbocycles. The van der Waals surface area contributed by atoms with Crippen molar-refractivity contribution in [1.82, 2.24) is 0 Å². The molecular weight excluding hydrogens is 1260 g/mol. The quantitative estimate of drug-likeness (QED) is 0.160. The number of ether oxygens (including phenoxy) is 6. The third kappa shape index (κ3) is 9.14. The van der Waals surface area contributed by atoms with Crippen LogP contribution in [0.5, 0.6) is 34.5 Å². The second-order valence-corrected chi connectivity index (χ2v) is 28.5. The molecule has 0 saturated heterocycles. The fraction of sp³-hybridized carbons (Fsp3) is 0.133. The smallest absolute Gasteiger partial charge is 0.340 e. The first-order valence-corrected chi connectivity index (χ1v) is 34.8. The van der Waals surface area contributed by atoms with Crippen LogP contribution in [0.25, 0.3) is 0 Å². The van der Waals surface area contributed by atoms with Crippen LogP contribution in [0.15, 0.2) is 291 Å². The lowest BCUT2D eigenvalue weighted by molar-refractivity contribution is -0.856.